The molecule has 0 bridgehead atoms. The molecule has 0 aliphatic rings. The smallest absolute Gasteiger partial charge is 0.348 e. The third kappa shape index (κ3) is 4.27. The minimum absolute atomic E-state index is 0.312. The number of carbonyl (C=O) groups is 1. The number of nitrogens with zero attached hydrogens (tertiary/aromatic N) is 3. The molecule has 0 atom stereocenters. The highest BCUT2D eigenvalue weighted by Crippen LogP contribution is 2.39. The summed E-state index contributed by atoms with van der Waals surface area (Å²) < 4.78 is 11.3. The molecule has 0 spiro atoms. The highest BCUT2D eigenvalue weighted by molar-refractivity contribution is 7.20. The van der Waals surface area contributed by atoms with Crippen molar-refractivity contribution in [1.82, 2.24) is 14.9 Å². The fourth-order valence-electron chi connectivity index (χ4n) is 2.76. The minimum atomic E-state index is -0.364. The minimum Gasteiger partial charge on any atom is -0.462 e. The number of aromatic nitrogens is 2. The predicted octanol–water partition coefficient (Wildman–Crippen LogP) is 4.99. The van der Waals surface area contributed by atoms with Crippen LogP contribution in [-0.2, 0) is 11.3 Å². The summed E-state index contributed by atoms with van der Waals surface area (Å²) in [5.41, 5.74) is 1.76. The van der Waals surface area contributed by atoms with Crippen LogP contribution in [-0.4, -0.2) is 41.5 Å². The molecule has 28 heavy (non-hydrogen) atoms. The summed E-state index contributed by atoms with van der Waals surface area (Å²) in [6.07, 6.45) is 0. The molecule has 8 heteroatoms. The van der Waals surface area contributed by atoms with Crippen LogP contribution >= 0.6 is 22.9 Å². The molecule has 6 nitrogen and oxygen atoms in total. The van der Waals surface area contributed by atoms with E-state index in [0.29, 0.717) is 50.7 Å². The Balaban J connectivity index is 2.17. The van der Waals surface area contributed by atoms with Crippen LogP contribution in [0.3, 0.4) is 0 Å². The molecule has 0 amide bonds. The van der Waals surface area contributed by atoms with Gasteiger partial charge in [0.25, 0.3) is 0 Å². The number of halogens is 1. The van der Waals surface area contributed by atoms with Crippen LogP contribution < -0.4 is 4.74 Å². The summed E-state index contributed by atoms with van der Waals surface area (Å²) in [4.78, 5) is 24.7. The molecule has 3 aromatic rings. The number of rotatable bonds is 6. The van der Waals surface area contributed by atoms with Crippen LogP contribution in [0.4, 0.5) is 0 Å². The fourth-order valence-corrected chi connectivity index (χ4v) is 4.00. The fraction of sp³-hybridized carbons (Fsp3) is 0.350. The van der Waals surface area contributed by atoms with E-state index in [4.69, 9.17) is 21.1 Å². The van der Waals surface area contributed by atoms with Crippen LogP contribution in [0.1, 0.15) is 33.5 Å². The molecule has 2 heterocycles. The summed E-state index contributed by atoms with van der Waals surface area (Å²) in [5.74, 6) is 1.14. The summed E-state index contributed by atoms with van der Waals surface area (Å²) in [6, 6.07) is 5.56. The molecule has 0 unspecified atom stereocenters. The number of ether oxygens (including phenoxy) is 2. The molecule has 0 saturated heterocycles. The van der Waals surface area contributed by atoms with Gasteiger partial charge < -0.3 is 14.4 Å². The largest absolute Gasteiger partial charge is 0.462 e. The van der Waals surface area contributed by atoms with Gasteiger partial charge in [0, 0.05) is 0 Å². The van der Waals surface area contributed by atoms with E-state index in [9.17, 15) is 4.79 Å². The van der Waals surface area contributed by atoms with Gasteiger partial charge in [0.05, 0.1) is 23.6 Å². The molecule has 148 valence electrons. The standard InChI is InChI=1S/C20H22ClN3O3S/c1-6-26-20(25)17-12(3)16-18(27-14-9-11(2)7-8-13(14)21)22-15(10-24(4)5)23-19(16)28-17/h7-9H,6,10H2,1-5H3. The number of benzene rings is 1. The Morgan fingerprint density at radius 3 is 2.68 bits per heavy atom. The molecule has 0 radical (unpaired) electrons. The molecule has 2 aromatic heterocycles. The van der Waals surface area contributed by atoms with Gasteiger partial charge in [0.1, 0.15) is 21.3 Å². The quantitative estimate of drug-likeness (QED) is 0.524. The number of esters is 1. The van der Waals surface area contributed by atoms with Gasteiger partial charge in [-0.3, -0.25) is 0 Å². The summed E-state index contributed by atoms with van der Waals surface area (Å²) in [6.45, 7) is 6.45. The second kappa shape index (κ2) is 8.43. The molecular formula is C20H22ClN3O3S. The summed E-state index contributed by atoms with van der Waals surface area (Å²) in [7, 11) is 3.88. The van der Waals surface area contributed by atoms with Gasteiger partial charge in [-0.15, -0.1) is 11.3 Å². The van der Waals surface area contributed by atoms with Crippen LogP contribution in [0.15, 0.2) is 18.2 Å². The average Bonchev–Trinajstić information content (AvgIpc) is 2.95. The van der Waals surface area contributed by atoms with Crippen molar-refractivity contribution < 1.29 is 14.3 Å². The Kier molecular flexibility index (Phi) is 6.17. The number of aryl methyl sites for hydroxylation is 2. The predicted molar refractivity (Wildman–Crippen MR) is 112 cm³/mol. The Hall–Kier alpha value is -2.22. The Labute approximate surface area is 173 Å². The number of fused-ring (bicyclic) bond motifs is 1. The maximum Gasteiger partial charge on any atom is 0.348 e. The Morgan fingerprint density at radius 2 is 2.00 bits per heavy atom. The second-order valence-corrected chi connectivity index (χ2v) is 8.08. The number of thiophene rings is 1. The van der Waals surface area contributed by atoms with Crippen LogP contribution in [0.2, 0.25) is 5.02 Å². The van der Waals surface area contributed by atoms with Crippen molar-refractivity contribution in [3.05, 3.63) is 45.1 Å². The van der Waals surface area contributed by atoms with E-state index in [1.54, 1.807) is 13.0 Å². The second-order valence-electron chi connectivity index (χ2n) is 6.68. The molecule has 0 aliphatic carbocycles. The lowest BCUT2D eigenvalue weighted by Crippen LogP contribution is -2.13. The summed E-state index contributed by atoms with van der Waals surface area (Å²) in [5, 5.41) is 1.19. The topological polar surface area (TPSA) is 64.5 Å². The van der Waals surface area contributed by atoms with E-state index in [0.717, 1.165) is 11.1 Å². The molecule has 1 aromatic carbocycles. The summed E-state index contributed by atoms with van der Waals surface area (Å²) >= 11 is 7.60. The van der Waals surface area contributed by atoms with Crippen molar-refractivity contribution in [2.75, 3.05) is 20.7 Å². The average molecular weight is 420 g/mol. The Bertz CT molecular complexity index is 1030. The van der Waals surface area contributed by atoms with E-state index in [-0.39, 0.29) is 5.97 Å². The van der Waals surface area contributed by atoms with Crippen molar-refractivity contribution in [3.8, 4) is 11.6 Å². The van der Waals surface area contributed by atoms with Crippen LogP contribution in [0, 0.1) is 13.8 Å². The van der Waals surface area contributed by atoms with E-state index >= 15 is 0 Å². The number of hydrogen-bond donors (Lipinski definition) is 0. The highest BCUT2D eigenvalue weighted by Gasteiger charge is 2.23. The van der Waals surface area contributed by atoms with Crippen molar-refractivity contribution in [3.63, 3.8) is 0 Å². The first-order valence-corrected chi connectivity index (χ1v) is 10.1. The SMILES string of the molecule is CCOC(=O)c1sc2nc(CN(C)C)nc(Oc3cc(C)ccc3Cl)c2c1C. The number of carbonyl (C=O) groups excluding carboxylic acids is 1. The van der Waals surface area contributed by atoms with Gasteiger partial charge in [0.2, 0.25) is 5.88 Å². The zero-order chi connectivity index (χ0) is 20.4. The van der Waals surface area contributed by atoms with E-state index in [1.165, 1.54) is 11.3 Å². The maximum absolute atomic E-state index is 12.3. The van der Waals surface area contributed by atoms with E-state index in [1.807, 2.05) is 45.0 Å². The van der Waals surface area contributed by atoms with E-state index in [2.05, 4.69) is 9.97 Å². The van der Waals surface area contributed by atoms with Gasteiger partial charge in [0.15, 0.2) is 0 Å². The van der Waals surface area contributed by atoms with Crippen molar-refractivity contribution in [2.24, 2.45) is 0 Å². The molecule has 0 N–H and O–H groups in total. The first kappa shape index (κ1) is 20.5. The van der Waals surface area contributed by atoms with Gasteiger partial charge in [-0.25, -0.2) is 9.78 Å². The van der Waals surface area contributed by atoms with Crippen LogP contribution in [0.5, 0.6) is 11.6 Å². The van der Waals surface area contributed by atoms with Crippen molar-refractivity contribution >= 4 is 39.1 Å². The Morgan fingerprint density at radius 1 is 1.25 bits per heavy atom. The molecule has 0 fully saturated rings. The van der Waals surface area contributed by atoms with E-state index < -0.39 is 0 Å². The first-order chi connectivity index (χ1) is 13.3. The number of hydrogen-bond acceptors (Lipinski definition) is 7. The van der Waals surface area contributed by atoms with Gasteiger partial charge in [-0.1, -0.05) is 17.7 Å². The van der Waals surface area contributed by atoms with Gasteiger partial charge in [-0.2, -0.15) is 4.98 Å². The molecule has 3 rings (SSSR count). The first-order valence-electron chi connectivity index (χ1n) is 8.86. The third-order valence-electron chi connectivity index (χ3n) is 4.02. The lowest BCUT2D eigenvalue weighted by atomic mass is 10.2. The molecule has 0 saturated carbocycles. The zero-order valence-corrected chi connectivity index (χ0v) is 18.1. The molecular weight excluding hydrogens is 398 g/mol. The van der Waals surface area contributed by atoms with Gasteiger partial charge >= 0.3 is 5.97 Å². The van der Waals surface area contributed by atoms with Crippen molar-refractivity contribution in [2.45, 2.75) is 27.3 Å². The lowest BCUT2D eigenvalue weighted by molar-refractivity contribution is 0.0531. The monoisotopic (exact) mass is 419 g/mol. The van der Waals surface area contributed by atoms with Gasteiger partial charge in [-0.05, 0) is 58.1 Å². The normalized spacial score (nSPS) is 11.2. The van der Waals surface area contributed by atoms with Crippen molar-refractivity contribution in [1.29, 1.82) is 0 Å². The highest BCUT2D eigenvalue weighted by atomic mass is 35.5. The zero-order valence-electron chi connectivity index (χ0n) is 16.5. The van der Waals surface area contributed by atoms with Crippen LogP contribution in [0.25, 0.3) is 10.2 Å². The lowest BCUT2D eigenvalue weighted by Gasteiger charge is -2.12. The third-order valence-corrected chi connectivity index (χ3v) is 5.49. The molecule has 0 aliphatic heterocycles. The maximum atomic E-state index is 12.3.